The monoisotopic (exact) mass is 284 g/mol. The van der Waals surface area contributed by atoms with Crippen molar-refractivity contribution in [3.63, 3.8) is 0 Å². The number of pyridine rings is 2. The molecule has 0 fully saturated rings. The summed E-state index contributed by atoms with van der Waals surface area (Å²) in [4.78, 5) is 20.4. The van der Waals surface area contributed by atoms with E-state index in [1.54, 1.807) is 18.5 Å². The van der Waals surface area contributed by atoms with E-state index in [0.29, 0.717) is 12.2 Å². The van der Waals surface area contributed by atoms with Gasteiger partial charge >= 0.3 is 0 Å². The van der Waals surface area contributed by atoms with E-state index in [4.69, 9.17) is 0 Å². The predicted octanol–water partition coefficient (Wildman–Crippen LogP) is 2.27. The van der Waals surface area contributed by atoms with E-state index in [2.05, 4.69) is 27.5 Å². The highest BCUT2D eigenvalue weighted by Crippen LogP contribution is 2.05. The molecule has 0 saturated carbocycles. The lowest BCUT2D eigenvalue weighted by molar-refractivity contribution is 0.0949. The van der Waals surface area contributed by atoms with Crippen molar-refractivity contribution in [3.8, 4) is 0 Å². The molecule has 0 aliphatic rings. The maximum atomic E-state index is 12.0. The Morgan fingerprint density at radius 1 is 1.19 bits per heavy atom. The smallest absolute Gasteiger partial charge is 0.269 e. The van der Waals surface area contributed by atoms with Gasteiger partial charge in [0.05, 0.1) is 0 Å². The molecule has 0 aromatic carbocycles. The summed E-state index contributed by atoms with van der Waals surface area (Å²) >= 11 is 0. The molecule has 0 unspecified atom stereocenters. The molecule has 0 atom stereocenters. The van der Waals surface area contributed by atoms with Crippen molar-refractivity contribution >= 4 is 11.7 Å². The van der Waals surface area contributed by atoms with E-state index in [-0.39, 0.29) is 5.91 Å². The zero-order valence-corrected chi connectivity index (χ0v) is 12.2. The van der Waals surface area contributed by atoms with Crippen LogP contribution in [0.3, 0.4) is 0 Å². The Kier molecular flexibility index (Phi) is 5.70. The zero-order chi connectivity index (χ0) is 14.9. The number of nitrogens with one attached hydrogen (secondary N) is 2. The molecular formula is C16H20N4O. The Morgan fingerprint density at radius 3 is 2.86 bits per heavy atom. The Morgan fingerprint density at radius 2 is 2.10 bits per heavy atom. The maximum Gasteiger partial charge on any atom is 0.269 e. The van der Waals surface area contributed by atoms with Crippen molar-refractivity contribution in [2.24, 2.45) is 0 Å². The van der Waals surface area contributed by atoms with E-state index in [1.807, 2.05) is 24.3 Å². The number of carbonyl (C=O) groups excluding carboxylic acids is 1. The maximum absolute atomic E-state index is 12.0. The van der Waals surface area contributed by atoms with Crippen LogP contribution in [0.25, 0.3) is 0 Å². The molecule has 5 heteroatoms. The number of carbonyl (C=O) groups is 1. The number of anilines is 1. The van der Waals surface area contributed by atoms with E-state index in [1.165, 1.54) is 0 Å². The van der Waals surface area contributed by atoms with Crippen LogP contribution in [-0.2, 0) is 6.42 Å². The number of aromatic nitrogens is 2. The Bertz CT molecular complexity index is 571. The first-order valence-electron chi connectivity index (χ1n) is 7.17. The fraction of sp³-hybridized carbons (Fsp3) is 0.312. The van der Waals surface area contributed by atoms with Crippen LogP contribution < -0.4 is 10.6 Å². The van der Waals surface area contributed by atoms with Crippen LogP contribution in [0.4, 0.5) is 5.82 Å². The van der Waals surface area contributed by atoms with E-state index in [9.17, 15) is 4.79 Å². The van der Waals surface area contributed by atoms with Crippen molar-refractivity contribution in [2.45, 2.75) is 19.8 Å². The summed E-state index contributed by atoms with van der Waals surface area (Å²) in [7, 11) is 0. The first-order valence-corrected chi connectivity index (χ1v) is 7.17. The summed E-state index contributed by atoms with van der Waals surface area (Å²) in [5, 5.41) is 6.05. The second kappa shape index (κ2) is 7.99. The third kappa shape index (κ3) is 4.87. The molecule has 0 bridgehead atoms. The third-order valence-electron chi connectivity index (χ3n) is 2.96. The molecule has 0 saturated heterocycles. The van der Waals surface area contributed by atoms with Crippen molar-refractivity contribution in [3.05, 3.63) is 54.0 Å². The molecule has 2 N–H and O–H groups in total. The number of hydrogen-bond donors (Lipinski definition) is 2. The minimum absolute atomic E-state index is 0.154. The van der Waals surface area contributed by atoms with Gasteiger partial charge in [-0.15, -0.1) is 0 Å². The van der Waals surface area contributed by atoms with Crippen molar-refractivity contribution in [1.29, 1.82) is 0 Å². The van der Waals surface area contributed by atoms with Gasteiger partial charge in [0, 0.05) is 25.5 Å². The molecule has 0 spiro atoms. The van der Waals surface area contributed by atoms with Crippen LogP contribution in [0.1, 0.15) is 29.4 Å². The Hall–Kier alpha value is -2.43. The van der Waals surface area contributed by atoms with Gasteiger partial charge in [-0.3, -0.25) is 9.78 Å². The molecule has 0 aliphatic carbocycles. The van der Waals surface area contributed by atoms with Crippen LogP contribution in [0.5, 0.6) is 0 Å². The number of rotatable bonds is 7. The van der Waals surface area contributed by atoms with Gasteiger partial charge < -0.3 is 10.6 Å². The normalized spacial score (nSPS) is 10.1. The Balaban J connectivity index is 1.85. The molecular weight excluding hydrogens is 264 g/mol. The minimum Gasteiger partial charge on any atom is -0.370 e. The van der Waals surface area contributed by atoms with Crippen LogP contribution in [-0.4, -0.2) is 29.0 Å². The number of amides is 1. The summed E-state index contributed by atoms with van der Waals surface area (Å²) in [6, 6.07) is 9.30. The average molecular weight is 284 g/mol. The van der Waals surface area contributed by atoms with E-state index >= 15 is 0 Å². The van der Waals surface area contributed by atoms with Gasteiger partial charge in [0.1, 0.15) is 11.5 Å². The molecule has 0 radical (unpaired) electrons. The average Bonchev–Trinajstić information content (AvgIpc) is 2.54. The molecule has 2 aromatic heterocycles. The highest BCUT2D eigenvalue weighted by Gasteiger charge is 2.07. The highest BCUT2D eigenvalue weighted by atomic mass is 16.1. The van der Waals surface area contributed by atoms with Crippen LogP contribution in [0, 0.1) is 0 Å². The van der Waals surface area contributed by atoms with Gasteiger partial charge in [-0.05, 0) is 36.6 Å². The van der Waals surface area contributed by atoms with Gasteiger partial charge in [-0.1, -0.05) is 19.1 Å². The predicted molar refractivity (Wildman–Crippen MR) is 83.3 cm³/mol. The fourth-order valence-electron chi connectivity index (χ4n) is 1.87. The molecule has 2 aromatic rings. The van der Waals surface area contributed by atoms with Gasteiger partial charge in [-0.25, -0.2) is 4.98 Å². The Labute approximate surface area is 124 Å². The summed E-state index contributed by atoms with van der Waals surface area (Å²) in [5.74, 6) is 0.579. The van der Waals surface area contributed by atoms with Crippen LogP contribution >= 0.6 is 0 Å². The molecule has 21 heavy (non-hydrogen) atoms. The lowest BCUT2D eigenvalue weighted by Gasteiger charge is -2.07. The first-order chi connectivity index (χ1) is 10.3. The van der Waals surface area contributed by atoms with E-state index in [0.717, 1.165) is 30.8 Å². The standard InChI is InChI=1S/C16H20N4O/c1-2-9-18-15-7-3-6-14(20-15)16(21)19-11-8-13-5-4-10-17-12-13/h3-7,10,12H,2,8-9,11H2,1H3,(H,18,20)(H,19,21). The van der Waals surface area contributed by atoms with Crippen LogP contribution in [0.2, 0.25) is 0 Å². The second-order valence-electron chi connectivity index (χ2n) is 4.70. The van der Waals surface area contributed by atoms with Crippen molar-refractivity contribution in [2.75, 3.05) is 18.4 Å². The SMILES string of the molecule is CCCNc1cccc(C(=O)NCCc2cccnc2)n1. The quantitative estimate of drug-likeness (QED) is 0.818. The largest absolute Gasteiger partial charge is 0.370 e. The number of nitrogens with zero attached hydrogens (tertiary/aromatic N) is 2. The molecule has 0 aliphatic heterocycles. The molecule has 2 rings (SSSR count). The van der Waals surface area contributed by atoms with Crippen molar-refractivity contribution in [1.82, 2.24) is 15.3 Å². The lowest BCUT2D eigenvalue weighted by Crippen LogP contribution is -2.26. The lowest BCUT2D eigenvalue weighted by atomic mass is 10.2. The summed E-state index contributed by atoms with van der Waals surface area (Å²) in [6.45, 7) is 3.50. The summed E-state index contributed by atoms with van der Waals surface area (Å²) in [5.41, 5.74) is 1.53. The zero-order valence-electron chi connectivity index (χ0n) is 12.2. The minimum atomic E-state index is -0.154. The first kappa shape index (κ1) is 15.0. The van der Waals surface area contributed by atoms with Crippen molar-refractivity contribution < 1.29 is 4.79 Å². The molecule has 1 amide bonds. The topological polar surface area (TPSA) is 66.9 Å². The fourth-order valence-corrected chi connectivity index (χ4v) is 1.87. The molecule has 2 heterocycles. The number of hydrogen-bond acceptors (Lipinski definition) is 4. The molecule has 5 nitrogen and oxygen atoms in total. The third-order valence-corrected chi connectivity index (χ3v) is 2.96. The summed E-state index contributed by atoms with van der Waals surface area (Å²) in [6.07, 6.45) is 5.32. The highest BCUT2D eigenvalue weighted by molar-refractivity contribution is 5.92. The molecule has 110 valence electrons. The van der Waals surface area contributed by atoms with Gasteiger partial charge in [0.25, 0.3) is 5.91 Å². The van der Waals surface area contributed by atoms with Gasteiger partial charge in [-0.2, -0.15) is 0 Å². The van der Waals surface area contributed by atoms with Gasteiger partial charge in [0.15, 0.2) is 0 Å². The van der Waals surface area contributed by atoms with Crippen LogP contribution in [0.15, 0.2) is 42.7 Å². The van der Waals surface area contributed by atoms with Gasteiger partial charge in [0.2, 0.25) is 0 Å². The van der Waals surface area contributed by atoms with E-state index < -0.39 is 0 Å². The summed E-state index contributed by atoms with van der Waals surface area (Å²) < 4.78 is 0. The second-order valence-corrected chi connectivity index (χ2v) is 4.70.